The molecule has 1 aliphatic heterocycles. The second-order valence-corrected chi connectivity index (χ2v) is 7.83. The Bertz CT molecular complexity index is 1070. The fourth-order valence-corrected chi connectivity index (χ4v) is 4.09. The number of aryl methyl sites for hydroxylation is 1. The topological polar surface area (TPSA) is 58.6 Å². The molecule has 1 heterocycles. The fourth-order valence-electron chi connectivity index (χ4n) is 4.09. The molecule has 0 unspecified atom stereocenters. The predicted octanol–water partition coefficient (Wildman–Crippen LogP) is 4.73. The molecule has 0 atom stereocenters. The summed E-state index contributed by atoms with van der Waals surface area (Å²) in [6.45, 7) is 3.58. The standard InChI is InChI=1S/C26H28N2O3/c1-2-6-19-12-14-21(15-13-19)31-18-16-27-24(29)11-5-17-28-23-10-4-8-20-7-3-9-22(25(20)23)26(28)30/h3-4,7-10,12-15H,2,5-6,11,16-18H2,1H3,(H,27,29). The number of amides is 2. The van der Waals surface area contributed by atoms with Crippen molar-refractivity contribution in [2.75, 3.05) is 24.6 Å². The highest BCUT2D eigenvalue weighted by molar-refractivity contribution is 6.25. The van der Waals surface area contributed by atoms with Gasteiger partial charge in [-0.25, -0.2) is 0 Å². The van der Waals surface area contributed by atoms with E-state index in [2.05, 4.69) is 24.4 Å². The van der Waals surface area contributed by atoms with Crippen LogP contribution < -0.4 is 15.0 Å². The van der Waals surface area contributed by atoms with Gasteiger partial charge < -0.3 is 15.0 Å². The predicted molar refractivity (Wildman–Crippen MR) is 124 cm³/mol. The highest BCUT2D eigenvalue weighted by Gasteiger charge is 2.28. The number of carbonyl (C=O) groups is 2. The summed E-state index contributed by atoms with van der Waals surface area (Å²) in [5, 5.41) is 4.98. The van der Waals surface area contributed by atoms with Crippen LogP contribution >= 0.6 is 0 Å². The zero-order valence-corrected chi connectivity index (χ0v) is 17.9. The molecule has 31 heavy (non-hydrogen) atoms. The number of anilines is 1. The van der Waals surface area contributed by atoms with Gasteiger partial charge >= 0.3 is 0 Å². The molecule has 0 aliphatic carbocycles. The number of ether oxygens (including phenoxy) is 1. The average molecular weight is 417 g/mol. The monoisotopic (exact) mass is 416 g/mol. The van der Waals surface area contributed by atoms with E-state index in [0.29, 0.717) is 32.5 Å². The Morgan fingerprint density at radius 3 is 2.58 bits per heavy atom. The van der Waals surface area contributed by atoms with Crippen molar-refractivity contribution in [3.05, 3.63) is 71.8 Å². The first-order valence-corrected chi connectivity index (χ1v) is 11.0. The summed E-state index contributed by atoms with van der Waals surface area (Å²) in [7, 11) is 0. The van der Waals surface area contributed by atoms with Crippen LogP contribution in [0.5, 0.6) is 5.75 Å². The molecule has 3 aromatic rings. The van der Waals surface area contributed by atoms with Gasteiger partial charge in [0.25, 0.3) is 5.91 Å². The van der Waals surface area contributed by atoms with Crippen LogP contribution in [0.3, 0.4) is 0 Å². The van der Waals surface area contributed by atoms with Crippen LogP contribution in [-0.2, 0) is 11.2 Å². The van der Waals surface area contributed by atoms with Crippen molar-refractivity contribution < 1.29 is 14.3 Å². The van der Waals surface area contributed by atoms with Crippen LogP contribution in [-0.4, -0.2) is 31.5 Å². The van der Waals surface area contributed by atoms with Crippen molar-refractivity contribution in [2.24, 2.45) is 0 Å². The summed E-state index contributed by atoms with van der Waals surface area (Å²) in [6.07, 6.45) is 3.19. The summed E-state index contributed by atoms with van der Waals surface area (Å²) < 4.78 is 5.69. The van der Waals surface area contributed by atoms with Crippen LogP contribution in [0.15, 0.2) is 60.7 Å². The van der Waals surface area contributed by atoms with Gasteiger partial charge in [0.05, 0.1) is 12.2 Å². The van der Waals surface area contributed by atoms with E-state index in [1.54, 1.807) is 4.90 Å². The smallest absolute Gasteiger partial charge is 0.258 e. The third-order valence-electron chi connectivity index (χ3n) is 5.59. The van der Waals surface area contributed by atoms with Crippen LogP contribution in [0.4, 0.5) is 5.69 Å². The van der Waals surface area contributed by atoms with Crippen LogP contribution in [0.2, 0.25) is 0 Å². The van der Waals surface area contributed by atoms with Gasteiger partial charge in [0.2, 0.25) is 5.91 Å². The van der Waals surface area contributed by atoms with Crippen molar-refractivity contribution in [1.29, 1.82) is 0 Å². The van der Waals surface area contributed by atoms with Crippen LogP contribution in [0.1, 0.15) is 42.1 Å². The maximum Gasteiger partial charge on any atom is 0.258 e. The first-order valence-electron chi connectivity index (χ1n) is 11.0. The van der Waals surface area contributed by atoms with Gasteiger partial charge in [-0.15, -0.1) is 0 Å². The molecule has 160 valence electrons. The molecule has 0 saturated carbocycles. The van der Waals surface area contributed by atoms with E-state index in [9.17, 15) is 9.59 Å². The minimum atomic E-state index is -0.0238. The molecule has 0 spiro atoms. The van der Waals surface area contributed by atoms with E-state index >= 15 is 0 Å². The minimum Gasteiger partial charge on any atom is -0.492 e. The molecule has 4 rings (SSSR count). The van der Waals surface area contributed by atoms with Gasteiger partial charge in [-0.05, 0) is 48.1 Å². The number of hydrogen-bond donors (Lipinski definition) is 1. The highest BCUT2D eigenvalue weighted by atomic mass is 16.5. The molecule has 0 radical (unpaired) electrons. The van der Waals surface area contributed by atoms with E-state index < -0.39 is 0 Å². The number of nitrogens with one attached hydrogen (secondary N) is 1. The molecule has 0 saturated heterocycles. The molecule has 0 aromatic heterocycles. The van der Waals surface area contributed by atoms with Crippen molar-refractivity contribution in [2.45, 2.75) is 32.6 Å². The Labute approximate surface area is 183 Å². The third-order valence-corrected chi connectivity index (χ3v) is 5.59. The second-order valence-electron chi connectivity index (χ2n) is 7.83. The van der Waals surface area contributed by atoms with E-state index in [-0.39, 0.29) is 11.8 Å². The van der Waals surface area contributed by atoms with Gasteiger partial charge in [-0.2, -0.15) is 0 Å². The molecule has 0 bridgehead atoms. The van der Waals surface area contributed by atoms with Gasteiger partial charge in [0, 0.05) is 23.9 Å². The van der Waals surface area contributed by atoms with Gasteiger partial charge in [-0.1, -0.05) is 49.7 Å². The lowest BCUT2D eigenvalue weighted by Gasteiger charge is -2.17. The lowest BCUT2D eigenvalue weighted by molar-refractivity contribution is -0.121. The maximum atomic E-state index is 12.8. The van der Waals surface area contributed by atoms with E-state index in [1.807, 2.05) is 48.5 Å². The summed E-state index contributed by atoms with van der Waals surface area (Å²) in [5.74, 6) is 0.810. The summed E-state index contributed by atoms with van der Waals surface area (Å²) >= 11 is 0. The molecule has 0 fully saturated rings. The van der Waals surface area contributed by atoms with E-state index in [1.165, 1.54) is 5.56 Å². The molecule has 1 aliphatic rings. The Balaban J connectivity index is 1.19. The highest BCUT2D eigenvalue weighted by Crippen LogP contribution is 2.37. The molecular weight excluding hydrogens is 388 g/mol. The fraction of sp³-hybridized carbons (Fsp3) is 0.308. The van der Waals surface area contributed by atoms with Gasteiger partial charge in [0.15, 0.2) is 0 Å². The van der Waals surface area contributed by atoms with Crippen molar-refractivity contribution in [3.8, 4) is 5.75 Å². The number of rotatable bonds is 10. The molecule has 5 nitrogen and oxygen atoms in total. The molecule has 2 amide bonds. The summed E-state index contributed by atoms with van der Waals surface area (Å²) in [4.78, 5) is 26.7. The van der Waals surface area contributed by atoms with Crippen LogP contribution in [0.25, 0.3) is 10.8 Å². The number of benzene rings is 3. The van der Waals surface area contributed by atoms with Crippen molar-refractivity contribution in [1.82, 2.24) is 5.32 Å². The summed E-state index contributed by atoms with van der Waals surface area (Å²) in [5.41, 5.74) is 2.99. The van der Waals surface area contributed by atoms with E-state index in [0.717, 1.165) is 40.6 Å². The average Bonchev–Trinajstić information content (AvgIpc) is 3.06. The van der Waals surface area contributed by atoms with Crippen molar-refractivity contribution in [3.63, 3.8) is 0 Å². The molecule has 3 aromatic carbocycles. The summed E-state index contributed by atoms with van der Waals surface area (Å²) in [6, 6.07) is 19.9. The van der Waals surface area contributed by atoms with Crippen molar-refractivity contribution >= 4 is 28.3 Å². The number of hydrogen-bond acceptors (Lipinski definition) is 3. The normalized spacial score (nSPS) is 12.4. The Morgan fingerprint density at radius 1 is 1.03 bits per heavy atom. The second kappa shape index (κ2) is 9.65. The zero-order valence-electron chi connectivity index (χ0n) is 17.9. The number of carbonyl (C=O) groups excluding carboxylic acids is 2. The van der Waals surface area contributed by atoms with Gasteiger partial charge in [0.1, 0.15) is 12.4 Å². The third kappa shape index (κ3) is 4.71. The molecule has 1 N–H and O–H groups in total. The first kappa shape index (κ1) is 20.9. The lowest BCUT2D eigenvalue weighted by Crippen LogP contribution is -2.31. The molecule has 5 heteroatoms. The largest absolute Gasteiger partial charge is 0.492 e. The lowest BCUT2D eigenvalue weighted by atomic mass is 10.1. The Hall–Kier alpha value is -3.34. The van der Waals surface area contributed by atoms with E-state index in [4.69, 9.17) is 4.74 Å². The zero-order chi connectivity index (χ0) is 21.6. The Morgan fingerprint density at radius 2 is 1.81 bits per heavy atom. The van der Waals surface area contributed by atoms with Crippen LogP contribution in [0, 0.1) is 0 Å². The minimum absolute atomic E-state index is 0.0190. The quantitative estimate of drug-likeness (QED) is 0.486. The first-order chi connectivity index (χ1) is 15.2. The maximum absolute atomic E-state index is 12.8. The van der Waals surface area contributed by atoms with Gasteiger partial charge in [-0.3, -0.25) is 9.59 Å². The SMILES string of the molecule is CCCc1ccc(OCCNC(=O)CCCN2C(=O)c3cccc4cccc2c34)cc1. The molecular formula is C26H28N2O3. The number of nitrogens with zero attached hydrogens (tertiary/aromatic N) is 1. The Kier molecular flexibility index (Phi) is 6.51.